The van der Waals surface area contributed by atoms with E-state index in [0.29, 0.717) is 29.2 Å². The molecule has 0 spiro atoms. The molecule has 25 heavy (non-hydrogen) atoms. The quantitative estimate of drug-likeness (QED) is 0.738. The summed E-state index contributed by atoms with van der Waals surface area (Å²) in [5.41, 5.74) is 1.27. The standard InChI is InChI=1S/C18H21NO5S/c1-5-24-14-9-11-15(12-10-14)25(21,22)19(3)17-8-6-7-16(13(17)2)18(20)23-4/h6-12H,5H2,1-4H3. The number of rotatable bonds is 6. The molecule has 0 unspecified atom stereocenters. The second kappa shape index (κ2) is 7.57. The number of carbonyl (C=O) groups is 1. The molecule has 0 radical (unpaired) electrons. The van der Waals surface area contributed by atoms with E-state index in [0.717, 1.165) is 4.31 Å². The van der Waals surface area contributed by atoms with Gasteiger partial charge in [0.15, 0.2) is 0 Å². The van der Waals surface area contributed by atoms with E-state index in [1.54, 1.807) is 37.3 Å². The number of anilines is 1. The summed E-state index contributed by atoms with van der Waals surface area (Å²) in [6, 6.07) is 11.1. The van der Waals surface area contributed by atoms with Gasteiger partial charge in [0.05, 0.1) is 29.9 Å². The van der Waals surface area contributed by atoms with E-state index in [-0.39, 0.29) is 4.90 Å². The third kappa shape index (κ3) is 3.76. The predicted molar refractivity (Wildman–Crippen MR) is 95.7 cm³/mol. The van der Waals surface area contributed by atoms with Crippen molar-refractivity contribution in [2.75, 3.05) is 25.1 Å². The maximum atomic E-state index is 12.9. The Kier molecular flexibility index (Phi) is 5.69. The van der Waals surface area contributed by atoms with Crippen LogP contribution in [0, 0.1) is 6.92 Å². The fraction of sp³-hybridized carbons (Fsp3) is 0.278. The van der Waals surface area contributed by atoms with E-state index in [2.05, 4.69) is 0 Å². The van der Waals surface area contributed by atoms with Gasteiger partial charge in [0, 0.05) is 7.05 Å². The highest BCUT2D eigenvalue weighted by Crippen LogP contribution is 2.28. The van der Waals surface area contributed by atoms with Crippen molar-refractivity contribution < 1.29 is 22.7 Å². The van der Waals surface area contributed by atoms with Crippen LogP contribution in [0.15, 0.2) is 47.4 Å². The van der Waals surface area contributed by atoms with Gasteiger partial charge in [-0.3, -0.25) is 4.31 Å². The summed E-state index contributed by atoms with van der Waals surface area (Å²) in [5.74, 6) is 0.0965. The van der Waals surface area contributed by atoms with Crippen LogP contribution in [-0.2, 0) is 14.8 Å². The number of hydrogen-bond acceptors (Lipinski definition) is 5. The van der Waals surface area contributed by atoms with Crippen molar-refractivity contribution in [3.8, 4) is 5.75 Å². The molecule has 0 bridgehead atoms. The Balaban J connectivity index is 2.42. The molecular weight excluding hydrogens is 342 g/mol. The Morgan fingerprint density at radius 1 is 1.12 bits per heavy atom. The third-order valence-electron chi connectivity index (χ3n) is 3.84. The van der Waals surface area contributed by atoms with Crippen molar-refractivity contribution in [2.24, 2.45) is 0 Å². The molecule has 0 aliphatic heterocycles. The number of esters is 1. The molecule has 0 heterocycles. The molecule has 0 saturated carbocycles. The topological polar surface area (TPSA) is 72.9 Å². The van der Waals surface area contributed by atoms with E-state index in [1.165, 1.54) is 26.3 Å². The van der Waals surface area contributed by atoms with Gasteiger partial charge in [0.2, 0.25) is 0 Å². The summed E-state index contributed by atoms with van der Waals surface area (Å²) in [7, 11) is -1.03. The van der Waals surface area contributed by atoms with Crippen molar-refractivity contribution in [1.82, 2.24) is 0 Å². The minimum Gasteiger partial charge on any atom is -0.494 e. The van der Waals surface area contributed by atoms with E-state index in [4.69, 9.17) is 9.47 Å². The van der Waals surface area contributed by atoms with Crippen molar-refractivity contribution >= 4 is 21.7 Å². The summed E-state index contributed by atoms with van der Waals surface area (Å²) in [5, 5.41) is 0. The first-order valence-corrected chi connectivity index (χ1v) is 9.16. The number of ether oxygens (including phenoxy) is 2. The zero-order valence-electron chi connectivity index (χ0n) is 14.6. The molecule has 6 nitrogen and oxygen atoms in total. The lowest BCUT2D eigenvalue weighted by atomic mass is 10.1. The molecule has 134 valence electrons. The van der Waals surface area contributed by atoms with Gasteiger partial charge in [-0.25, -0.2) is 13.2 Å². The lowest BCUT2D eigenvalue weighted by Crippen LogP contribution is -2.27. The Bertz CT molecular complexity index is 860. The number of sulfonamides is 1. The number of nitrogens with zero attached hydrogens (tertiary/aromatic N) is 1. The Morgan fingerprint density at radius 3 is 2.32 bits per heavy atom. The smallest absolute Gasteiger partial charge is 0.338 e. The third-order valence-corrected chi connectivity index (χ3v) is 5.63. The Labute approximate surface area is 148 Å². The minimum atomic E-state index is -3.77. The molecule has 0 aromatic heterocycles. The summed E-state index contributed by atoms with van der Waals surface area (Å²) >= 11 is 0. The number of hydrogen-bond donors (Lipinski definition) is 0. The summed E-state index contributed by atoms with van der Waals surface area (Å²) < 4.78 is 37.0. The van der Waals surface area contributed by atoms with Crippen molar-refractivity contribution in [1.29, 1.82) is 0 Å². The van der Waals surface area contributed by atoms with Gasteiger partial charge in [-0.1, -0.05) is 6.07 Å². The Morgan fingerprint density at radius 2 is 1.76 bits per heavy atom. The zero-order valence-corrected chi connectivity index (χ0v) is 15.5. The maximum Gasteiger partial charge on any atom is 0.338 e. The molecule has 0 fully saturated rings. The molecule has 2 aromatic rings. The molecule has 0 N–H and O–H groups in total. The van der Waals surface area contributed by atoms with Crippen molar-refractivity contribution in [3.63, 3.8) is 0 Å². The molecule has 2 aromatic carbocycles. The van der Waals surface area contributed by atoms with Crippen molar-refractivity contribution in [3.05, 3.63) is 53.6 Å². The van der Waals surface area contributed by atoms with Crippen LogP contribution >= 0.6 is 0 Å². The summed E-state index contributed by atoms with van der Waals surface area (Å²) in [6.07, 6.45) is 0. The highest BCUT2D eigenvalue weighted by atomic mass is 32.2. The van der Waals surface area contributed by atoms with Gasteiger partial charge in [-0.05, 0) is 55.8 Å². The van der Waals surface area contributed by atoms with Crippen LogP contribution < -0.4 is 9.04 Å². The monoisotopic (exact) mass is 363 g/mol. The average molecular weight is 363 g/mol. The molecular formula is C18H21NO5S. The minimum absolute atomic E-state index is 0.140. The number of methoxy groups -OCH3 is 1. The van der Waals surface area contributed by atoms with Crippen LogP contribution in [-0.4, -0.2) is 35.2 Å². The van der Waals surface area contributed by atoms with Crippen LogP contribution in [0.2, 0.25) is 0 Å². The largest absolute Gasteiger partial charge is 0.494 e. The van der Waals surface area contributed by atoms with Crippen LogP contribution in [0.4, 0.5) is 5.69 Å². The van der Waals surface area contributed by atoms with E-state index >= 15 is 0 Å². The molecule has 0 amide bonds. The van der Waals surface area contributed by atoms with Crippen LogP contribution in [0.1, 0.15) is 22.8 Å². The van der Waals surface area contributed by atoms with Gasteiger partial charge in [-0.2, -0.15) is 0 Å². The van der Waals surface area contributed by atoms with Gasteiger partial charge in [0.25, 0.3) is 10.0 Å². The Hall–Kier alpha value is -2.54. The lowest BCUT2D eigenvalue weighted by molar-refractivity contribution is 0.0600. The zero-order chi connectivity index (χ0) is 18.6. The molecule has 0 aliphatic carbocycles. The predicted octanol–water partition coefficient (Wildman–Crippen LogP) is 3.01. The van der Waals surface area contributed by atoms with E-state index in [9.17, 15) is 13.2 Å². The lowest BCUT2D eigenvalue weighted by Gasteiger charge is -2.22. The number of carbonyl (C=O) groups excluding carboxylic acids is 1. The van der Waals surface area contributed by atoms with Crippen molar-refractivity contribution in [2.45, 2.75) is 18.7 Å². The normalized spacial score (nSPS) is 11.0. The van der Waals surface area contributed by atoms with Gasteiger partial charge < -0.3 is 9.47 Å². The highest BCUT2D eigenvalue weighted by molar-refractivity contribution is 7.92. The summed E-state index contributed by atoms with van der Waals surface area (Å²) in [6.45, 7) is 4.05. The fourth-order valence-corrected chi connectivity index (χ4v) is 3.71. The van der Waals surface area contributed by atoms with E-state index in [1.807, 2.05) is 6.92 Å². The average Bonchev–Trinajstić information content (AvgIpc) is 2.61. The van der Waals surface area contributed by atoms with Gasteiger partial charge in [0.1, 0.15) is 5.75 Å². The number of benzene rings is 2. The first kappa shape index (κ1) is 18.8. The van der Waals surface area contributed by atoms with Crippen LogP contribution in [0.3, 0.4) is 0 Å². The fourth-order valence-electron chi connectivity index (χ4n) is 2.46. The first-order valence-electron chi connectivity index (χ1n) is 7.72. The second-order valence-electron chi connectivity index (χ2n) is 5.32. The van der Waals surface area contributed by atoms with E-state index < -0.39 is 16.0 Å². The maximum absolute atomic E-state index is 12.9. The highest BCUT2D eigenvalue weighted by Gasteiger charge is 2.24. The molecule has 0 saturated heterocycles. The SMILES string of the molecule is CCOc1ccc(S(=O)(=O)N(C)c2cccc(C(=O)OC)c2C)cc1. The second-order valence-corrected chi connectivity index (χ2v) is 7.29. The molecule has 0 atom stereocenters. The van der Waals surface area contributed by atoms with Gasteiger partial charge in [-0.15, -0.1) is 0 Å². The van der Waals surface area contributed by atoms with Crippen LogP contribution in [0.25, 0.3) is 0 Å². The first-order chi connectivity index (χ1) is 11.8. The van der Waals surface area contributed by atoms with Crippen LogP contribution in [0.5, 0.6) is 5.75 Å². The van der Waals surface area contributed by atoms with Gasteiger partial charge >= 0.3 is 5.97 Å². The molecule has 7 heteroatoms. The molecule has 2 rings (SSSR count). The summed E-state index contributed by atoms with van der Waals surface area (Å²) in [4.78, 5) is 12.0. The molecule has 0 aliphatic rings.